The van der Waals surface area contributed by atoms with E-state index >= 15 is 0 Å². The Bertz CT molecular complexity index is 484. The first-order valence-electron chi connectivity index (χ1n) is 8.78. The molecule has 0 saturated carbocycles. The van der Waals surface area contributed by atoms with Crippen molar-refractivity contribution >= 4 is 11.9 Å². The molecule has 0 aromatic carbocycles. The maximum absolute atomic E-state index is 12.0. The average molecular weight is 356 g/mol. The van der Waals surface area contributed by atoms with Crippen LogP contribution in [0.2, 0.25) is 0 Å². The van der Waals surface area contributed by atoms with Crippen LogP contribution in [-0.4, -0.2) is 50.5 Å². The summed E-state index contributed by atoms with van der Waals surface area (Å²) in [5, 5.41) is 21.2. The van der Waals surface area contributed by atoms with Crippen molar-refractivity contribution in [1.29, 1.82) is 0 Å². The van der Waals surface area contributed by atoms with Gasteiger partial charge in [0.05, 0.1) is 6.10 Å². The van der Waals surface area contributed by atoms with E-state index in [2.05, 4.69) is 0 Å². The number of aliphatic hydroxyl groups excluding tert-OH is 1. The van der Waals surface area contributed by atoms with Crippen LogP contribution in [0.25, 0.3) is 0 Å². The first-order chi connectivity index (χ1) is 11.4. The molecule has 1 fully saturated rings. The summed E-state index contributed by atoms with van der Waals surface area (Å²) in [6.45, 7) is 7.71. The number of aliphatic hydroxyl groups is 1. The number of carbonyl (C=O) groups is 2. The number of piperidine rings is 1. The van der Waals surface area contributed by atoms with Crippen molar-refractivity contribution in [3.63, 3.8) is 0 Å². The molecule has 0 spiro atoms. The van der Waals surface area contributed by atoms with Crippen molar-refractivity contribution in [2.45, 2.75) is 89.5 Å². The summed E-state index contributed by atoms with van der Waals surface area (Å²) < 4.78 is 5.58. The second-order valence-corrected chi connectivity index (χ2v) is 8.03. The Balaban J connectivity index is 2.34. The standard InChI is InChI=1S/C18H32N2O5/c1-17(2)11-14(12-18(3,4)20(17)24)25-16(23)8-6-5-7-13(21)9-10-15(19)22/h9-10,13-14,21,24H,5-8,11-12H2,1-4H3,(H2,19,22). The molecule has 0 aromatic heterocycles. The highest BCUT2D eigenvalue weighted by Crippen LogP contribution is 2.38. The Morgan fingerprint density at radius 1 is 1.24 bits per heavy atom. The highest BCUT2D eigenvalue weighted by atomic mass is 16.5. The molecule has 0 aliphatic carbocycles. The number of ether oxygens (including phenoxy) is 1. The van der Waals surface area contributed by atoms with Gasteiger partial charge in [0, 0.05) is 36.4 Å². The monoisotopic (exact) mass is 356 g/mol. The molecule has 144 valence electrons. The van der Waals surface area contributed by atoms with Crippen molar-refractivity contribution in [3.8, 4) is 0 Å². The minimum absolute atomic E-state index is 0.218. The maximum atomic E-state index is 12.0. The Hall–Kier alpha value is -1.44. The number of amides is 1. The lowest BCUT2D eigenvalue weighted by atomic mass is 9.80. The van der Waals surface area contributed by atoms with Crippen molar-refractivity contribution in [1.82, 2.24) is 5.06 Å². The quantitative estimate of drug-likeness (QED) is 0.348. The van der Waals surface area contributed by atoms with Crippen LogP contribution in [0.4, 0.5) is 0 Å². The fourth-order valence-corrected chi connectivity index (χ4v) is 3.43. The lowest BCUT2D eigenvalue weighted by Crippen LogP contribution is -2.60. The van der Waals surface area contributed by atoms with E-state index in [0.717, 1.165) is 6.08 Å². The van der Waals surface area contributed by atoms with E-state index in [1.165, 1.54) is 11.1 Å². The van der Waals surface area contributed by atoms with Crippen molar-refractivity contribution in [3.05, 3.63) is 12.2 Å². The van der Waals surface area contributed by atoms with E-state index in [4.69, 9.17) is 10.5 Å². The molecule has 1 heterocycles. The molecule has 4 N–H and O–H groups in total. The lowest BCUT2D eigenvalue weighted by Gasteiger charge is -2.50. The number of nitrogens with two attached hydrogens (primary N) is 1. The normalized spacial score (nSPS) is 22.0. The van der Waals surface area contributed by atoms with Crippen molar-refractivity contribution in [2.75, 3.05) is 0 Å². The third-order valence-corrected chi connectivity index (χ3v) is 4.51. The number of unbranched alkanes of at least 4 members (excludes halogenated alkanes) is 1. The zero-order valence-corrected chi connectivity index (χ0v) is 15.7. The fraction of sp³-hybridized carbons (Fsp3) is 0.778. The Morgan fingerprint density at radius 2 is 1.80 bits per heavy atom. The van der Waals surface area contributed by atoms with Crippen LogP contribution in [0.5, 0.6) is 0 Å². The Morgan fingerprint density at radius 3 is 2.32 bits per heavy atom. The van der Waals surface area contributed by atoms with Crippen LogP contribution in [0, 0.1) is 0 Å². The molecular formula is C18H32N2O5. The lowest BCUT2D eigenvalue weighted by molar-refractivity contribution is -0.259. The molecule has 0 radical (unpaired) electrons. The molecule has 1 unspecified atom stereocenters. The smallest absolute Gasteiger partial charge is 0.306 e. The van der Waals surface area contributed by atoms with Gasteiger partial charge in [-0.3, -0.25) is 9.59 Å². The predicted octanol–water partition coefficient (Wildman–Crippen LogP) is 1.90. The van der Waals surface area contributed by atoms with Crippen molar-refractivity contribution < 1.29 is 24.6 Å². The minimum Gasteiger partial charge on any atom is -0.462 e. The van der Waals surface area contributed by atoms with Gasteiger partial charge in [0.15, 0.2) is 0 Å². The molecular weight excluding hydrogens is 324 g/mol. The zero-order valence-electron chi connectivity index (χ0n) is 15.7. The van der Waals surface area contributed by atoms with Crippen LogP contribution >= 0.6 is 0 Å². The molecule has 0 bridgehead atoms. The van der Waals surface area contributed by atoms with Gasteiger partial charge in [-0.2, -0.15) is 5.06 Å². The van der Waals surface area contributed by atoms with Crippen LogP contribution in [0.3, 0.4) is 0 Å². The van der Waals surface area contributed by atoms with Gasteiger partial charge in [0.2, 0.25) is 5.91 Å². The maximum Gasteiger partial charge on any atom is 0.306 e. The highest BCUT2D eigenvalue weighted by molar-refractivity contribution is 5.85. The second kappa shape index (κ2) is 8.78. The number of hydrogen-bond donors (Lipinski definition) is 3. The third kappa shape index (κ3) is 7.13. The zero-order chi connectivity index (χ0) is 19.3. The van der Waals surface area contributed by atoms with Gasteiger partial charge in [-0.1, -0.05) is 6.08 Å². The molecule has 7 nitrogen and oxygen atoms in total. The Kier molecular flexibility index (Phi) is 7.59. The SMILES string of the molecule is CC1(C)CC(OC(=O)CCCCC(O)C=CC(N)=O)CC(C)(C)N1O. The first-order valence-corrected chi connectivity index (χ1v) is 8.78. The van der Waals surface area contributed by atoms with E-state index in [9.17, 15) is 19.9 Å². The van der Waals surface area contributed by atoms with Crippen molar-refractivity contribution in [2.24, 2.45) is 5.73 Å². The molecule has 0 aromatic rings. The number of hydrogen-bond acceptors (Lipinski definition) is 6. The first kappa shape index (κ1) is 21.6. The van der Waals surface area contributed by atoms with E-state index in [1.54, 1.807) is 0 Å². The van der Waals surface area contributed by atoms with E-state index < -0.39 is 23.1 Å². The summed E-state index contributed by atoms with van der Waals surface area (Å²) in [7, 11) is 0. The third-order valence-electron chi connectivity index (χ3n) is 4.51. The Labute approximate surface area is 149 Å². The average Bonchev–Trinajstić information content (AvgIpc) is 2.46. The van der Waals surface area contributed by atoms with E-state index in [-0.39, 0.29) is 18.5 Å². The minimum atomic E-state index is -0.737. The number of esters is 1. The van der Waals surface area contributed by atoms with Gasteiger partial charge in [0.1, 0.15) is 6.10 Å². The molecule has 1 saturated heterocycles. The number of rotatable bonds is 8. The van der Waals surface area contributed by atoms with Gasteiger partial charge in [-0.25, -0.2) is 0 Å². The van der Waals surface area contributed by atoms with Gasteiger partial charge in [-0.05, 0) is 47.0 Å². The molecule has 1 aliphatic rings. The van der Waals surface area contributed by atoms with Crippen LogP contribution in [0.15, 0.2) is 12.2 Å². The molecule has 1 atom stereocenters. The van der Waals surface area contributed by atoms with Gasteiger partial charge in [0.25, 0.3) is 0 Å². The summed E-state index contributed by atoms with van der Waals surface area (Å²) in [5.41, 5.74) is 4.04. The van der Waals surface area contributed by atoms with Crippen LogP contribution in [0.1, 0.15) is 66.2 Å². The summed E-state index contributed by atoms with van der Waals surface area (Å²) in [4.78, 5) is 22.6. The molecule has 25 heavy (non-hydrogen) atoms. The van der Waals surface area contributed by atoms with E-state index in [0.29, 0.717) is 32.1 Å². The highest BCUT2D eigenvalue weighted by Gasteiger charge is 2.46. The number of carbonyl (C=O) groups excluding carboxylic acids is 2. The van der Waals surface area contributed by atoms with Crippen LogP contribution < -0.4 is 5.73 Å². The number of primary amides is 1. The summed E-state index contributed by atoms with van der Waals surface area (Å²) in [6.07, 6.45) is 4.68. The summed E-state index contributed by atoms with van der Waals surface area (Å²) >= 11 is 0. The molecule has 7 heteroatoms. The largest absolute Gasteiger partial charge is 0.462 e. The van der Waals surface area contributed by atoms with Gasteiger partial charge in [-0.15, -0.1) is 0 Å². The predicted molar refractivity (Wildman–Crippen MR) is 93.7 cm³/mol. The molecule has 1 amide bonds. The summed E-state index contributed by atoms with van der Waals surface area (Å²) in [5.74, 6) is -0.854. The van der Waals surface area contributed by atoms with E-state index in [1.807, 2.05) is 27.7 Å². The second-order valence-electron chi connectivity index (χ2n) is 8.03. The van der Waals surface area contributed by atoms with Gasteiger partial charge < -0.3 is 20.8 Å². The fourth-order valence-electron chi connectivity index (χ4n) is 3.43. The summed E-state index contributed by atoms with van der Waals surface area (Å²) in [6, 6.07) is 0. The molecule has 1 rings (SSSR count). The number of hydroxylamine groups is 2. The molecule has 1 aliphatic heterocycles. The van der Waals surface area contributed by atoms with Crippen LogP contribution in [-0.2, 0) is 14.3 Å². The number of nitrogens with zero attached hydrogens (tertiary/aromatic N) is 1. The van der Waals surface area contributed by atoms with Gasteiger partial charge >= 0.3 is 5.97 Å². The topological polar surface area (TPSA) is 113 Å².